The SMILES string of the molecule is O=C(OCc1c(F)cccc1Cl)C12C[C@@H]3C[C@@H](CC(O)(C3)C1)C2. The van der Waals surface area contributed by atoms with Crippen LogP contribution in [0.2, 0.25) is 5.02 Å². The van der Waals surface area contributed by atoms with Gasteiger partial charge in [0.25, 0.3) is 0 Å². The van der Waals surface area contributed by atoms with Crippen LogP contribution in [0.1, 0.15) is 44.1 Å². The van der Waals surface area contributed by atoms with Crippen molar-refractivity contribution in [1.82, 2.24) is 0 Å². The predicted octanol–water partition coefficient (Wildman–Crippen LogP) is 3.85. The zero-order valence-corrected chi connectivity index (χ0v) is 13.6. The lowest BCUT2D eigenvalue weighted by atomic mass is 9.48. The summed E-state index contributed by atoms with van der Waals surface area (Å²) in [4.78, 5) is 12.7. The number of hydrogen-bond acceptors (Lipinski definition) is 3. The Kier molecular flexibility index (Phi) is 3.47. The first kappa shape index (κ1) is 15.4. The van der Waals surface area contributed by atoms with Crippen molar-refractivity contribution in [3.63, 3.8) is 0 Å². The summed E-state index contributed by atoms with van der Waals surface area (Å²) in [6.07, 6.45) is 4.77. The Morgan fingerprint density at radius 2 is 2.00 bits per heavy atom. The molecule has 0 heterocycles. The van der Waals surface area contributed by atoms with Crippen molar-refractivity contribution in [1.29, 1.82) is 0 Å². The molecule has 5 rings (SSSR count). The van der Waals surface area contributed by atoms with Crippen molar-refractivity contribution in [2.75, 3.05) is 0 Å². The highest BCUT2D eigenvalue weighted by molar-refractivity contribution is 6.31. The van der Waals surface area contributed by atoms with Gasteiger partial charge in [0.1, 0.15) is 12.4 Å². The number of benzene rings is 1. The maximum absolute atomic E-state index is 13.8. The fourth-order valence-electron chi connectivity index (χ4n) is 5.41. The third kappa shape index (κ3) is 2.56. The first-order chi connectivity index (χ1) is 10.9. The Morgan fingerprint density at radius 1 is 1.30 bits per heavy atom. The van der Waals surface area contributed by atoms with Crippen molar-refractivity contribution in [3.05, 3.63) is 34.6 Å². The Morgan fingerprint density at radius 3 is 2.61 bits per heavy atom. The summed E-state index contributed by atoms with van der Waals surface area (Å²) in [6.45, 7) is -0.153. The summed E-state index contributed by atoms with van der Waals surface area (Å²) in [6, 6.07) is 4.42. The Balaban J connectivity index is 1.51. The molecule has 4 saturated carbocycles. The van der Waals surface area contributed by atoms with Crippen molar-refractivity contribution in [2.24, 2.45) is 17.3 Å². The molecule has 4 aliphatic carbocycles. The largest absolute Gasteiger partial charge is 0.460 e. The van der Waals surface area contributed by atoms with E-state index in [4.69, 9.17) is 16.3 Å². The van der Waals surface area contributed by atoms with Gasteiger partial charge in [-0.2, -0.15) is 0 Å². The molecule has 1 aromatic carbocycles. The molecule has 0 spiro atoms. The van der Waals surface area contributed by atoms with Gasteiger partial charge in [0.2, 0.25) is 0 Å². The molecule has 124 valence electrons. The van der Waals surface area contributed by atoms with E-state index in [0.29, 0.717) is 18.3 Å². The van der Waals surface area contributed by atoms with Gasteiger partial charge in [-0.25, -0.2) is 4.39 Å². The van der Waals surface area contributed by atoms with Gasteiger partial charge in [-0.1, -0.05) is 17.7 Å². The van der Waals surface area contributed by atoms with Crippen LogP contribution in [0.25, 0.3) is 0 Å². The van der Waals surface area contributed by atoms with Crippen LogP contribution in [0.15, 0.2) is 18.2 Å². The maximum Gasteiger partial charge on any atom is 0.312 e. The van der Waals surface area contributed by atoms with Gasteiger partial charge in [-0.15, -0.1) is 0 Å². The summed E-state index contributed by atoms with van der Waals surface area (Å²) >= 11 is 5.98. The van der Waals surface area contributed by atoms with Crippen molar-refractivity contribution < 1.29 is 19.0 Å². The van der Waals surface area contributed by atoms with Crippen molar-refractivity contribution in [2.45, 2.75) is 50.7 Å². The molecule has 4 fully saturated rings. The van der Waals surface area contributed by atoms with E-state index in [2.05, 4.69) is 0 Å². The molecule has 0 amide bonds. The van der Waals surface area contributed by atoms with E-state index in [1.165, 1.54) is 12.1 Å². The monoisotopic (exact) mass is 338 g/mol. The van der Waals surface area contributed by atoms with E-state index in [9.17, 15) is 14.3 Å². The zero-order chi connectivity index (χ0) is 16.2. The molecule has 23 heavy (non-hydrogen) atoms. The molecule has 0 saturated heterocycles. The van der Waals surface area contributed by atoms with Crippen LogP contribution in [-0.2, 0) is 16.1 Å². The second-order valence-electron chi connectivity index (χ2n) is 7.74. The number of halogens is 2. The number of ether oxygens (including phenoxy) is 1. The number of esters is 1. The van der Waals surface area contributed by atoms with Crippen LogP contribution >= 0.6 is 11.6 Å². The van der Waals surface area contributed by atoms with Crippen LogP contribution in [0.3, 0.4) is 0 Å². The molecular formula is C18H20ClFO3. The van der Waals surface area contributed by atoms with Crippen molar-refractivity contribution >= 4 is 17.6 Å². The van der Waals surface area contributed by atoms with Gasteiger partial charge in [0, 0.05) is 5.56 Å². The summed E-state index contributed by atoms with van der Waals surface area (Å²) in [5.41, 5.74) is -1.08. The smallest absolute Gasteiger partial charge is 0.312 e. The Hall–Kier alpha value is -1.13. The third-order valence-corrected chi connectivity index (χ3v) is 6.23. The van der Waals surface area contributed by atoms with E-state index >= 15 is 0 Å². The maximum atomic E-state index is 13.8. The first-order valence-electron chi connectivity index (χ1n) is 8.22. The molecule has 4 aliphatic rings. The number of aliphatic hydroxyl groups is 1. The average molecular weight is 339 g/mol. The number of carbonyl (C=O) groups excluding carboxylic acids is 1. The van der Waals surface area contributed by atoms with Crippen molar-refractivity contribution in [3.8, 4) is 0 Å². The molecule has 4 bridgehead atoms. The van der Waals surface area contributed by atoms with Crippen LogP contribution in [0.5, 0.6) is 0 Å². The summed E-state index contributed by atoms with van der Waals surface area (Å²) in [7, 11) is 0. The van der Waals surface area contributed by atoms with E-state index in [1.54, 1.807) is 6.07 Å². The van der Waals surface area contributed by atoms with E-state index < -0.39 is 16.8 Å². The normalized spacial score (nSPS) is 37.9. The number of rotatable bonds is 3. The van der Waals surface area contributed by atoms with Crippen LogP contribution < -0.4 is 0 Å². The average Bonchev–Trinajstić information content (AvgIpc) is 2.43. The van der Waals surface area contributed by atoms with Crippen LogP contribution in [0, 0.1) is 23.1 Å². The standard InChI is InChI=1S/C18H20ClFO3/c19-14-2-1-3-15(20)13(14)9-23-16(21)17-5-11-4-12(6-17)8-18(22,7-11)10-17/h1-3,11-12,22H,4-10H2/t11-,12+,17?,18?. The molecule has 1 aromatic rings. The van der Waals surface area contributed by atoms with Gasteiger partial charge in [0.05, 0.1) is 16.0 Å². The Labute approximate surface area is 139 Å². The Bertz CT molecular complexity index is 625. The number of hydrogen-bond donors (Lipinski definition) is 1. The van der Waals surface area contributed by atoms with Crippen LogP contribution in [0.4, 0.5) is 4.39 Å². The molecule has 0 aromatic heterocycles. The molecule has 0 aliphatic heterocycles. The van der Waals surface area contributed by atoms with Gasteiger partial charge in [-0.05, 0) is 62.5 Å². The topological polar surface area (TPSA) is 46.5 Å². The fraction of sp³-hybridized carbons (Fsp3) is 0.611. The third-order valence-electron chi connectivity index (χ3n) is 5.87. The van der Waals surface area contributed by atoms with E-state index in [0.717, 1.165) is 32.1 Å². The minimum atomic E-state index is -0.710. The summed E-state index contributed by atoms with van der Waals surface area (Å²) in [5.74, 6) is 0.0514. The minimum absolute atomic E-state index is 0.153. The highest BCUT2D eigenvalue weighted by Gasteiger charge is 2.60. The fourth-order valence-corrected chi connectivity index (χ4v) is 5.63. The van der Waals surface area contributed by atoms with Gasteiger partial charge < -0.3 is 9.84 Å². The first-order valence-corrected chi connectivity index (χ1v) is 8.59. The summed E-state index contributed by atoms with van der Waals surface area (Å²) < 4.78 is 19.3. The predicted molar refractivity (Wildman–Crippen MR) is 83.3 cm³/mol. The minimum Gasteiger partial charge on any atom is -0.460 e. The molecule has 0 radical (unpaired) electrons. The summed E-state index contributed by atoms with van der Waals surface area (Å²) in [5, 5.41) is 11.0. The molecule has 4 atom stereocenters. The van der Waals surface area contributed by atoms with E-state index in [-0.39, 0.29) is 23.2 Å². The lowest BCUT2D eigenvalue weighted by Crippen LogP contribution is -2.58. The molecule has 5 heteroatoms. The second-order valence-corrected chi connectivity index (χ2v) is 8.15. The lowest BCUT2D eigenvalue weighted by molar-refractivity contribution is -0.197. The zero-order valence-electron chi connectivity index (χ0n) is 12.9. The highest BCUT2D eigenvalue weighted by atomic mass is 35.5. The van der Waals surface area contributed by atoms with Gasteiger partial charge in [-0.3, -0.25) is 4.79 Å². The quantitative estimate of drug-likeness (QED) is 0.851. The molecular weight excluding hydrogens is 319 g/mol. The van der Waals surface area contributed by atoms with E-state index in [1.807, 2.05) is 0 Å². The second kappa shape index (κ2) is 5.18. The lowest BCUT2D eigenvalue weighted by Gasteiger charge is -2.58. The van der Waals surface area contributed by atoms with Gasteiger partial charge >= 0.3 is 5.97 Å². The highest BCUT2D eigenvalue weighted by Crippen LogP contribution is 2.62. The molecule has 2 unspecified atom stereocenters. The molecule has 1 N–H and O–H groups in total. The molecule has 3 nitrogen and oxygen atoms in total. The van der Waals surface area contributed by atoms with Crippen LogP contribution in [-0.4, -0.2) is 16.7 Å². The number of carbonyl (C=O) groups is 1. The van der Waals surface area contributed by atoms with Gasteiger partial charge in [0.15, 0.2) is 0 Å².